The Kier molecular flexibility index (Phi) is 9.24. The molecular formula is C19H31IN4O. The van der Waals surface area contributed by atoms with Crippen LogP contribution >= 0.6 is 24.0 Å². The molecule has 5 nitrogen and oxygen atoms in total. The maximum Gasteiger partial charge on any atom is 0.248 e. The van der Waals surface area contributed by atoms with E-state index in [0.717, 1.165) is 31.6 Å². The molecule has 0 radical (unpaired) electrons. The third kappa shape index (κ3) is 6.17. The average molecular weight is 458 g/mol. The number of nitrogens with one attached hydrogen (secondary N) is 2. The number of carbonyl (C=O) groups excluding carboxylic acids is 1. The summed E-state index contributed by atoms with van der Waals surface area (Å²) in [6.45, 7) is 10.2. The molecule has 1 heterocycles. The number of aryl methyl sites for hydroxylation is 1. The highest BCUT2D eigenvalue weighted by molar-refractivity contribution is 14.0. The third-order valence-corrected chi connectivity index (χ3v) is 4.49. The van der Waals surface area contributed by atoms with E-state index in [-0.39, 0.29) is 36.4 Å². The molecule has 1 aromatic rings. The SMILES string of the molecule is CCNC(=NCC(=O)N1CCCc2ccccc21)NC(C)C(C)C.I. The van der Waals surface area contributed by atoms with Crippen LogP contribution in [0.3, 0.4) is 0 Å². The summed E-state index contributed by atoms with van der Waals surface area (Å²) >= 11 is 0. The van der Waals surface area contributed by atoms with Crippen molar-refractivity contribution in [3.63, 3.8) is 0 Å². The van der Waals surface area contributed by atoms with Crippen molar-refractivity contribution < 1.29 is 4.79 Å². The number of halogens is 1. The Bertz CT molecular complexity index is 589. The average Bonchev–Trinajstić information content (AvgIpc) is 2.58. The molecule has 0 bridgehead atoms. The van der Waals surface area contributed by atoms with Crippen molar-refractivity contribution in [3.05, 3.63) is 29.8 Å². The molecular weight excluding hydrogens is 427 g/mol. The summed E-state index contributed by atoms with van der Waals surface area (Å²) in [7, 11) is 0. The zero-order chi connectivity index (χ0) is 17.5. The Hall–Kier alpha value is -1.31. The molecule has 6 heteroatoms. The number of hydrogen-bond donors (Lipinski definition) is 2. The molecule has 140 valence electrons. The summed E-state index contributed by atoms with van der Waals surface area (Å²) in [4.78, 5) is 19.0. The van der Waals surface area contributed by atoms with E-state index in [0.29, 0.717) is 17.9 Å². The van der Waals surface area contributed by atoms with Crippen LogP contribution in [0.15, 0.2) is 29.3 Å². The van der Waals surface area contributed by atoms with Crippen molar-refractivity contribution in [1.82, 2.24) is 10.6 Å². The van der Waals surface area contributed by atoms with Crippen LogP contribution in [0.5, 0.6) is 0 Å². The van der Waals surface area contributed by atoms with Crippen LogP contribution in [0.1, 0.15) is 39.7 Å². The summed E-state index contributed by atoms with van der Waals surface area (Å²) in [6.07, 6.45) is 2.05. The molecule has 1 aliphatic rings. The first-order valence-corrected chi connectivity index (χ1v) is 8.96. The standard InChI is InChI=1S/C19H30N4O.HI/c1-5-20-19(22-15(4)14(2)3)21-13-18(24)23-12-8-10-16-9-6-7-11-17(16)23;/h6-7,9,11,14-15H,5,8,10,12-13H2,1-4H3,(H2,20,21,22);1H. The minimum absolute atomic E-state index is 0. The number of carbonyl (C=O) groups is 1. The van der Waals surface area contributed by atoms with Gasteiger partial charge in [-0.15, -0.1) is 24.0 Å². The minimum Gasteiger partial charge on any atom is -0.357 e. The summed E-state index contributed by atoms with van der Waals surface area (Å²) in [6, 6.07) is 8.46. The van der Waals surface area contributed by atoms with Gasteiger partial charge in [0.1, 0.15) is 6.54 Å². The summed E-state index contributed by atoms with van der Waals surface area (Å²) in [5, 5.41) is 6.58. The maximum absolute atomic E-state index is 12.7. The summed E-state index contributed by atoms with van der Waals surface area (Å²) < 4.78 is 0. The smallest absolute Gasteiger partial charge is 0.248 e. The lowest BCUT2D eigenvalue weighted by Gasteiger charge is -2.29. The van der Waals surface area contributed by atoms with Crippen molar-refractivity contribution in [2.75, 3.05) is 24.5 Å². The number of hydrogen-bond acceptors (Lipinski definition) is 2. The predicted octanol–water partition coefficient (Wildman–Crippen LogP) is 3.18. The lowest BCUT2D eigenvalue weighted by Crippen LogP contribution is -2.45. The van der Waals surface area contributed by atoms with Gasteiger partial charge in [-0.05, 0) is 44.2 Å². The molecule has 0 aliphatic carbocycles. The molecule has 0 fully saturated rings. The molecule has 0 aromatic heterocycles. The molecule has 2 rings (SSSR count). The van der Waals surface area contributed by atoms with Crippen LogP contribution in [-0.4, -0.2) is 37.5 Å². The molecule has 1 atom stereocenters. The van der Waals surface area contributed by atoms with Gasteiger partial charge in [-0.3, -0.25) is 4.79 Å². The zero-order valence-electron chi connectivity index (χ0n) is 15.7. The Morgan fingerprint density at radius 2 is 2.00 bits per heavy atom. The molecule has 2 N–H and O–H groups in total. The molecule has 0 spiro atoms. The van der Waals surface area contributed by atoms with Crippen LogP contribution in [0.2, 0.25) is 0 Å². The highest BCUT2D eigenvalue weighted by Gasteiger charge is 2.21. The van der Waals surface area contributed by atoms with Gasteiger partial charge in [-0.1, -0.05) is 32.0 Å². The first-order valence-electron chi connectivity index (χ1n) is 8.96. The number of fused-ring (bicyclic) bond motifs is 1. The van der Waals surface area contributed by atoms with E-state index in [1.54, 1.807) is 0 Å². The largest absolute Gasteiger partial charge is 0.357 e. The fraction of sp³-hybridized carbons (Fsp3) is 0.579. The first-order chi connectivity index (χ1) is 11.5. The monoisotopic (exact) mass is 458 g/mol. The van der Waals surface area contributed by atoms with Gasteiger partial charge in [-0.2, -0.15) is 0 Å². The van der Waals surface area contributed by atoms with Gasteiger partial charge in [0.2, 0.25) is 5.91 Å². The van der Waals surface area contributed by atoms with E-state index >= 15 is 0 Å². The fourth-order valence-electron chi connectivity index (χ4n) is 2.73. The molecule has 1 unspecified atom stereocenters. The van der Waals surface area contributed by atoms with Gasteiger partial charge in [-0.25, -0.2) is 4.99 Å². The number of aliphatic imine (C=N–C) groups is 1. The van der Waals surface area contributed by atoms with Crippen LogP contribution in [0, 0.1) is 5.92 Å². The molecule has 1 aliphatic heterocycles. The Morgan fingerprint density at radius 1 is 1.28 bits per heavy atom. The topological polar surface area (TPSA) is 56.7 Å². The van der Waals surface area contributed by atoms with E-state index in [1.165, 1.54) is 5.56 Å². The Labute approximate surface area is 168 Å². The fourth-order valence-corrected chi connectivity index (χ4v) is 2.73. The number of benzene rings is 1. The molecule has 1 amide bonds. The van der Waals surface area contributed by atoms with Crippen LogP contribution in [0.4, 0.5) is 5.69 Å². The number of anilines is 1. The number of nitrogens with zero attached hydrogens (tertiary/aromatic N) is 2. The zero-order valence-corrected chi connectivity index (χ0v) is 18.0. The van der Waals surface area contributed by atoms with E-state index in [4.69, 9.17) is 0 Å². The third-order valence-electron chi connectivity index (χ3n) is 4.49. The van der Waals surface area contributed by atoms with Crippen LogP contribution in [-0.2, 0) is 11.2 Å². The van der Waals surface area contributed by atoms with E-state index in [9.17, 15) is 4.79 Å². The number of rotatable bonds is 5. The van der Waals surface area contributed by atoms with E-state index in [2.05, 4.69) is 42.5 Å². The molecule has 25 heavy (non-hydrogen) atoms. The van der Waals surface area contributed by atoms with Crippen molar-refractivity contribution in [2.45, 2.75) is 46.6 Å². The lowest BCUT2D eigenvalue weighted by atomic mass is 10.0. The Morgan fingerprint density at radius 3 is 2.68 bits per heavy atom. The second kappa shape index (κ2) is 10.6. The van der Waals surface area contributed by atoms with Crippen molar-refractivity contribution in [2.24, 2.45) is 10.9 Å². The van der Waals surface area contributed by atoms with E-state index < -0.39 is 0 Å². The molecule has 0 saturated heterocycles. The summed E-state index contributed by atoms with van der Waals surface area (Å²) in [5.41, 5.74) is 2.29. The molecule has 1 aromatic carbocycles. The highest BCUT2D eigenvalue weighted by Crippen LogP contribution is 2.26. The summed E-state index contributed by atoms with van der Waals surface area (Å²) in [5.74, 6) is 1.26. The number of para-hydroxylation sites is 1. The van der Waals surface area contributed by atoms with Gasteiger partial charge in [0.15, 0.2) is 5.96 Å². The van der Waals surface area contributed by atoms with Gasteiger partial charge < -0.3 is 15.5 Å². The Balaban J connectivity index is 0.00000312. The first kappa shape index (κ1) is 21.7. The van der Waals surface area contributed by atoms with Crippen LogP contribution < -0.4 is 15.5 Å². The van der Waals surface area contributed by atoms with Gasteiger partial charge in [0, 0.05) is 24.8 Å². The molecule has 0 saturated carbocycles. The van der Waals surface area contributed by atoms with Gasteiger partial charge in [0.25, 0.3) is 0 Å². The minimum atomic E-state index is 0. The maximum atomic E-state index is 12.7. The lowest BCUT2D eigenvalue weighted by molar-refractivity contribution is -0.117. The predicted molar refractivity (Wildman–Crippen MR) is 116 cm³/mol. The number of amides is 1. The van der Waals surface area contributed by atoms with Crippen molar-refractivity contribution in [1.29, 1.82) is 0 Å². The quantitative estimate of drug-likeness (QED) is 0.405. The second-order valence-electron chi connectivity index (χ2n) is 6.65. The van der Waals surface area contributed by atoms with Gasteiger partial charge >= 0.3 is 0 Å². The normalized spacial score (nSPS) is 15.2. The highest BCUT2D eigenvalue weighted by atomic mass is 127. The van der Waals surface area contributed by atoms with Crippen LogP contribution in [0.25, 0.3) is 0 Å². The van der Waals surface area contributed by atoms with Gasteiger partial charge in [0.05, 0.1) is 0 Å². The van der Waals surface area contributed by atoms with Crippen molar-refractivity contribution in [3.8, 4) is 0 Å². The number of guanidine groups is 1. The second-order valence-corrected chi connectivity index (χ2v) is 6.65. The van der Waals surface area contributed by atoms with E-state index in [1.807, 2.05) is 30.0 Å². The van der Waals surface area contributed by atoms with Crippen molar-refractivity contribution >= 4 is 41.5 Å².